The summed E-state index contributed by atoms with van der Waals surface area (Å²) in [5, 5.41) is 0.154. The quantitative estimate of drug-likeness (QED) is 0.855. The van der Waals surface area contributed by atoms with E-state index in [0.717, 1.165) is 6.07 Å². The number of carbonyl (C=O) groups is 1. The van der Waals surface area contributed by atoms with Gasteiger partial charge in [0.05, 0.1) is 18.2 Å². The van der Waals surface area contributed by atoms with E-state index < -0.39 is 5.82 Å². The molecule has 0 N–H and O–H groups in total. The van der Waals surface area contributed by atoms with Crippen molar-refractivity contribution in [2.75, 3.05) is 26.3 Å². The van der Waals surface area contributed by atoms with Crippen LogP contribution in [0.1, 0.15) is 16.4 Å². The summed E-state index contributed by atoms with van der Waals surface area (Å²) in [6, 6.07) is 3.81. The van der Waals surface area contributed by atoms with Gasteiger partial charge in [-0.1, -0.05) is 11.6 Å². The van der Waals surface area contributed by atoms with E-state index in [1.807, 2.05) is 0 Å². The molecule has 2 aromatic rings. The molecule has 1 aromatic heterocycles. The summed E-state index contributed by atoms with van der Waals surface area (Å²) in [5.74, 6) is -0.102. The van der Waals surface area contributed by atoms with Gasteiger partial charge in [0.2, 0.25) is 5.89 Å². The second-order valence-corrected chi connectivity index (χ2v) is 5.30. The number of halogens is 2. The van der Waals surface area contributed by atoms with Crippen molar-refractivity contribution in [1.29, 1.82) is 0 Å². The van der Waals surface area contributed by atoms with Crippen molar-refractivity contribution in [2.45, 2.75) is 6.61 Å². The van der Waals surface area contributed by atoms with Crippen LogP contribution in [0.5, 0.6) is 5.75 Å². The van der Waals surface area contributed by atoms with Gasteiger partial charge >= 0.3 is 0 Å². The Kier molecular flexibility index (Phi) is 4.78. The van der Waals surface area contributed by atoms with Gasteiger partial charge in [0.1, 0.15) is 17.8 Å². The largest absolute Gasteiger partial charge is 0.482 e. The van der Waals surface area contributed by atoms with Crippen molar-refractivity contribution in [1.82, 2.24) is 9.88 Å². The molecular weight excluding hydrogens is 327 g/mol. The summed E-state index contributed by atoms with van der Waals surface area (Å²) in [5.41, 5.74) is 0.218. The van der Waals surface area contributed by atoms with E-state index in [0.29, 0.717) is 32.1 Å². The number of carbonyl (C=O) groups excluding carboxylic acids is 1. The number of nitrogens with zero attached hydrogens (tertiary/aromatic N) is 2. The van der Waals surface area contributed by atoms with Crippen LogP contribution in [-0.4, -0.2) is 42.1 Å². The van der Waals surface area contributed by atoms with Crippen LogP contribution in [0.4, 0.5) is 4.39 Å². The molecule has 0 unspecified atom stereocenters. The third-order valence-corrected chi connectivity index (χ3v) is 3.61. The Morgan fingerprint density at radius 2 is 2.17 bits per heavy atom. The van der Waals surface area contributed by atoms with Crippen LogP contribution in [0, 0.1) is 5.82 Å². The number of morpholine rings is 1. The number of ether oxygens (including phenoxy) is 2. The minimum Gasteiger partial charge on any atom is -0.482 e. The average molecular weight is 341 g/mol. The molecule has 0 atom stereocenters. The standard InChI is InChI=1S/C15H14ClFN2O4/c16-11-7-10(17)1-2-13(11)22-9-14-18-12(8-23-14)15(20)19-3-5-21-6-4-19/h1-2,7-8H,3-6,9H2. The first-order chi connectivity index (χ1) is 11.1. The van der Waals surface area contributed by atoms with Gasteiger partial charge in [-0.05, 0) is 18.2 Å². The Balaban J connectivity index is 1.61. The maximum atomic E-state index is 13.0. The lowest BCUT2D eigenvalue weighted by molar-refractivity contribution is 0.0299. The van der Waals surface area contributed by atoms with E-state index >= 15 is 0 Å². The van der Waals surface area contributed by atoms with Crippen LogP contribution >= 0.6 is 11.6 Å². The SMILES string of the molecule is O=C(c1coc(COc2ccc(F)cc2Cl)n1)N1CCOCC1. The van der Waals surface area contributed by atoms with Gasteiger partial charge in [-0.3, -0.25) is 4.79 Å². The van der Waals surface area contributed by atoms with Gasteiger partial charge in [0.25, 0.3) is 5.91 Å². The first-order valence-electron chi connectivity index (χ1n) is 7.03. The van der Waals surface area contributed by atoms with Gasteiger partial charge in [0, 0.05) is 13.1 Å². The topological polar surface area (TPSA) is 64.8 Å². The van der Waals surface area contributed by atoms with Crippen molar-refractivity contribution in [3.8, 4) is 5.75 Å². The highest BCUT2D eigenvalue weighted by Gasteiger charge is 2.21. The zero-order valence-electron chi connectivity index (χ0n) is 12.1. The summed E-state index contributed by atoms with van der Waals surface area (Å²) >= 11 is 5.86. The summed E-state index contributed by atoms with van der Waals surface area (Å²) in [7, 11) is 0. The van der Waals surface area contributed by atoms with Crippen molar-refractivity contribution in [3.63, 3.8) is 0 Å². The summed E-state index contributed by atoms with van der Waals surface area (Å²) in [4.78, 5) is 18.0. The molecule has 1 amide bonds. The van der Waals surface area contributed by atoms with Crippen LogP contribution in [0.2, 0.25) is 5.02 Å². The number of benzene rings is 1. The fraction of sp³-hybridized carbons (Fsp3) is 0.333. The van der Waals surface area contributed by atoms with Crippen LogP contribution in [-0.2, 0) is 11.3 Å². The van der Waals surface area contributed by atoms with Crippen molar-refractivity contribution in [3.05, 3.63) is 46.9 Å². The number of aromatic nitrogens is 1. The Bertz CT molecular complexity index is 701. The van der Waals surface area contributed by atoms with Gasteiger partial charge in [-0.15, -0.1) is 0 Å². The van der Waals surface area contributed by atoms with E-state index in [9.17, 15) is 9.18 Å². The molecule has 3 rings (SSSR count). The van der Waals surface area contributed by atoms with Crippen LogP contribution < -0.4 is 4.74 Å². The molecule has 1 fully saturated rings. The van der Waals surface area contributed by atoms with E-state index in [2.05, 4.69) is 4.98 Å². The van der Waals surface area contributed by atoms with Crippen LogP contribution in [0.3, 0.4) is 0 Å². The van der Waals surface area contributed by atoms with Gasteiger partial charge in [0.15, 0.2) is 12.3 Å². The van der Waals surface area contributed by atoms with E-state index in [1.54, 1.807) is 4.90 Å². The normalized spacial score (nSPS) is 14.8. The Morgan fingerprint density at radius 3 is 2.91 bits per heavy atom. The minimum atomic E-state index is -0.447. The molecular formula is C15H14ClFN2O4. The third-order valence-electron chi connectivity index (χ3n) is 3.31. The monoisotopic (exact) mass is 340 g/mol. The van der Waals surface area contributed by atoms with Gasteiger partial charge in [-0.2, -0.15) is 0 Å². The lowest BCUT2D eigenvalue weighted by Crippen LogP contribution is -2.40. The molecule has 0 spiro atoms. The van der Waals surface area contributed by atoms with Gasteiger partial charge < -0.3 is 18.8 Å². The average Bonchev–Trinajstić information content (AvgIpc) is 3.03. The number of hydrogen-bond acceptors (Lipinski definition) is 5. The molecule has 6 nitrogen and oxygen atoms in total. The fourth-order valence-electron chi connectivity index (χ4n) is 2.14. The molecule has 1 aromatic carbocycles. The maximum Gasteiger partial charge on any atom is 0.275 e. The molecule has 0 aliphatic carbocycles. The Labute approximate surface area is 136 Å². The molecule has 2 heterocycles. The van der Waals surface area contributed by atoms with Gasteiger partial charge in [-0.25, -0.2) is 9.37 Å². The second kappa shape index (κ2) is 6.97. The first kappa shape index (κ1) is 15.8. The molecule has 0 saturated carbocycles. The Morgan fingerprint density at radius 1 is 1.39 bits per heavy atom. The highest BCUT2D eigenvalue weighted by atomic mass is 35.5. The fourth-order valence-corrected chi connectivity index (χ4v) is 2.36. The highest BCUT2D eigenvalue weighted by Crippen LogP contribution is 2.25. The predicted molar refractivity (Wildman–Crippen MR) is 79.0 cm³/mol. The molecule has 1 aliphatic heterocycles. The molecule has 1 aliphatic rings. The van der Waals surface area contributed by atoms with Crippen LogP contribution in [0.25, 0.3) is 0 Å². The molecule has 23 heavy (non-hydrogen) atoms. The zero-order valence-corrected chi connectivity index (χ0v) is 12.9. The lowest BCUT2D eigenvalue weighted by Gasteiger charge is -2.25. The summed E-state index contributed by atoms with van der Waals surface area (Å²) < 4.78 is 28.8. The Hall–Kier alpha value is -2.12. The molecule has 0 bridgehead atoms. The van der Waals surface area contributed by atoms with Crippen molar-refractivity contribution in [2.24, 2.45) is 0 Å². The van der Waals surface area contributed by atoms with E-state index in [1.165, 1.54) is 18.4 Å². The second-order valence-electron chi connectivity index (χ2n) is 4.89. The smallest absolute Gasteiger partial charge is 0.275 e. The van der Waals surface area contributed by atoms with E-state index in [-0.39, 0.29) is 29.1 Å². The molecule has 122 valence electrons. The zero-order chi connectivity index (χ0) is 16.2. The predicted octanol–water partition coefficient (Wildman–Crippen LogP) is 2.52. The minimum absolute atomic E-state index is 0.0122. The highest BCUT2D eigenvalue weighted by molar-refractivity contribution is 6.32. The van der Waals surface area contributed by atoms with E-state index in [4.69, 9.17) is 25.5 Å². The number of oxazole rings is 1. The molecule has 8 heteroatoms. The lowest BCUT2D eigenvalue weighted by atomic mass is 10.3. The number of hydrogen-bond donors (Lipinski definition) is 0. The van der Waals surface area contributed by atoms with Crippen LogP contribution in [0.15, 0.2) is 28.9 Å². The molecule has 1 saturated heterocycles. The third kappa shape index (κ3) is 3.80. The van der Waals surface area contributed by atoms with Crippen molar-refractivity contribution >= 4 is 17.5 Å². The number of amides is 1. The summed E-state index contributed by atoms with van der Waals surface area (Å²) in [6.07, 6.45) is 1.29. The number of rotatable bonds is 4. The maximum absolute atomic E-state index is 13.0. The molecule has 0 radical (unpaired) electrons. The van der Waals surface area contributed by atoms with Crippen molar-refractivity contribution < 1.29 is 23.1 Å². The summed E-state index contributed by atoms with van der Waals surface area (Å²) in [6.45, 7) is 2.08. The first-order valence-corrected chi connectivity index (χ1v) is 7.40.